The second kappa shape index (κ2) is 5.42. The quantitative estimate of drug-likeness (QED) is 0.929. The van der Waals surface area contributed by atoms with Crippen LogP contribution in [0.25, 0.3) is 0 Å². The number of nitrogens with zero attached hydrogens (tertiary/aromatic N) is 2. The number of aliphatic hydroxyl groups is 1. The van der Waals surface area contributed by atoms with Crippen LogP contribution in [0.2, 0.25) is 5.02 Å². The highest BCUT2D eigenvalue weighted by atomic mass is 35.5. The minimum absolute atomic E-state index is 0.0506. The monoisotopic (exact) mass is 266 g/mol. The molecule has 1 heterocycles. The average Bonchev–Trinajstić information content (AvgIpc) is 2.36. The first-order chi connectivity index (χ1) is 8.58. The van der Waals surface area contributed by atoms with Crippen molar-refractivity contribution in [3.63, 3.8) is 0 Å². The highest BCUT2D eigenvalue weighted by molar-refractivity contribution is 6.30. The number of hydrogen-bond donors (Lipinski definition) is 1. The molecular formula is C13H12ClFN2O. The van der Waals surface area contributed by atoms with Crippen LogP contribution in [0.4, 0.5) is 4.39 Å². The van der Waals surface area contributed by atoms with E-state index in [1.165, 1.54) is 12.3 Å². The smallest absolute Gasteiger partial charge is 0.145 e. The average molecular weight is 267 g/mol. The van der Waals surface area contributed by atoms with Crippen molar-refractivity contribution >= 4 is 11.6 Å². The maximum atomic E-state index is 13.7. The third-order valence-corrected chi connectivity index (χ3v) is 2.88. The largest absolute Gasteiger partial charge is 0.386 e. The van der Waals surface area contributed by atoms with E-state index in [1.807, 2.05) is 0 Å². The summed E-state index contributed by atoms with van der Waals surface area (Å²) < 4.78 is 13.7. The SMILES string of the molecule is Cc1cnc(C(O)Cc2cccc(Cl)c2F)cn1. The second-order valence-electron chi connectivity index (χ2n) is 4.02. The van der Waals surface area contributed by atoms with Crippen molar-refractivity contribution in [2.45, 2.75) is 19.4 Å². The molecule has 0 aliphatic heterocycles. The van der Waals surface area contributed by atoms with E-state index in [9.17, 15) is 9.50 Å². The Hall–Kier alpha value is -1.52. The van der Waals surface area contributed by atoms with Crippen LogP contribution in [-0.4, -0.2) is 15.1 Å². The lowest BCUT2D eigenvalue weighted by molar-refractivity contribution is 0.172. The number of rotatable bonds is 3. The summed E-state index contributed by atoms with van der Waals surface area (Å²) in [4.78, 5) is 8.10. The maximum absolute atomic E-state index is 13.7. The van der Waals surface area contributed by atoms with Gasteiger partial charge in [-0.25, -0.2) is 4.39 Å². The number of aliphatic hydroxyl groups excluding tert-OH is 1. The number of aromatic nitrogens is 2. The summed E-state index contributed by atoms with van der Waals surface area (Å²) in [5.74, 6) is -0.502. The summed E-state index contributed by atoms with van der Waals surface area (Å²) in [7, 11) is 0. The highest BCUT2D eigenvalue weighted by Gasteiger charge is 2.14. The number of halogens is 2. The van der Waals surface area contributed by atoms with E-state index >= 15 is 0 Å². The minimum atomic E-state index is -0.897. The van der Waals surface area contributed by atoms with Crippen molar-refractivity contribution in [2.24, 2.45) is 0 Å². The predicted octanol–water partition coefficient (Wildman–Crippen LogP) is 2.85. The topological polar surface area (TPSA) is 46.0 Å². The number of aryl methyl sites for hydroxylation is 1. The normalized spacial score (nSPS) is 12.4. The zero-order valence-electron chi connectivity index (χ0n) is 9.77. The van der Waals surface area contributed by atoms with Gasteiger partial charge in [0.1, 0.15) is 11.9 Å². The molecule has 0 saturated heterocycles. The van der Waals surface area contributed by atoms with Crippen molar-refractivity contribution in [1.29, 1.82) is 0 Å². The first kappa shape index (κ1) is 12.9. The van der Waals surface area contributed by atoms with Gasteiger partial charge in [-0.15, -0.1) is 0 Å². The molecular weight excluding hydrogens is 255 g/mol. The van der Waals surface area contributed by atoms with E-state index in [2.05, 4.69) is 9.97 Å². The van der Waals surface area contributed by atoms with E-state index in [4.69, 9.17) is 11.6 Å². The Bertz CT molecular complexity index is 545. The zero-order chi connectivity index (χ0) is 13.1. The Kier molecular flexibility index (Phi) is 3.89. The van der Waals surface area contributed by atoms with Gasteiger partial charge in [0.05, 0.1) is 22.6 Å². The number of benzene rings is 1. The standard InChI is InChI=1S/C13H12ClFN2O/c1-8-6-17-11(7-16-8)12(18)5-9-3-2-4-10(14)13(9)15/h2-4,6-7,12,18H,5H2,1H3. The molecule has 2 aromatic rings. The Balaban J connectivity index is 2.18. The van der Waals surface area contributed by atoms with Gasteiger partial charge >= 0.3 is 0 Å². The Labute approximate surface area is 109 Å². The van der Waals surface area contributed by atoms with Crippen molar-refractivity contribution in [3.8, 4) is 0 Å². The lowest BCUT2D eigenvalue weighted by Crippen LogP contribution is -2.06. The molecule has 0 aliphatic rings. The molecule has 1 N–H and O–H groups in total. The van der Waals surface area contributed by atoms with Gasteiger partial charge in [-0.05, 0) is 18.6 Å². The van der Waals surface area contributed by atoms with Crippen LogP contribution in [-0.2, 0) is 6.42 Å². The summed E-state index contributed by atoms with van der Waals surface area (Å²) in [6.45, 7) is 1.81. The molecule has 94 valence electrons. The maximum Gasteiger partial charge on any atom is 0.145 e. The lowest BCUT2D eigenvalue weighted by atomic mass is 10.1. The fourth-order valence-electron chi connectivity index (χ4n) is 1.59. The summed E-state index contributed by atoms with van der Waals surface area (Å²) in [6.07, 6.45) is 2.27. The molecule has 0 fully saturated rings. The molecule has 0 saturated carbocycles. The van der Waals surface area contributed by atoms with Crippen LogP contribution >= 0.6 is 11.6 Å². The molecule has 3 nitrogen and oxygen atoms in total. The van der Waals surface area contributed by atoms with Gasteiger partial charge in [0, 0.05) is 12.6 Å². The number of hydrogen-bond acceptors (Lipinski definition) is 3. The van der Waals surface area contributed by atoms with E-state index in [-0.39, 0.29) is 11.4 Å². The van der Waals surface area contributed by atoms with Gasteiger partial charge < -0.3 is 5.11 Å². The summed E-state index contributed by atoms with van der Waals surface area (Å²) in [6, 6.07) is 4.71. The summed E-state index contributed by atoms with van der Waals surface area (Å²) >= 11 is 5.68. The molecule has 1 atom stereocenters. The van der Waals surface area contributed by atoms with Gasteiger partial charge in [-0.3, -0.25) is 9.97 Å². The first-order valence-corrected chi connectivity index (χ1v) is 5.85. The molecule has 2 rings (SSSR count). The van der Waals surface area contributed by atoms with E-state index < -0.39 is 11.9 Å². The molecule has 0 radical (unpaired) electrons. The van der Waals surface area contributed by atoms with Crippen molar-refractivity contribution in [2.75, 3.05) is 0 Å². The second-order valence-corrected chi connectivity index (χ2v) is 4.42. The van der Waals surface area contributed by atoms with Gasteiger partial charge in [0.15, 0.2) is 0 Å². The molecule has 5 heteroatoms. The van der Waals surface area contributed by atoms with Crippen LogP contribution < -0.4 is 0 Å². The lowest BCUT2D eigenvalue weighted by Gasteiger charge is -2.11. The van der Waals surface area contributed by atoms with Gasteiger partial charge in [0.25, 0.3) is 0 Å². The molecule has 18 heavy (non-hydrogen) atoms. The van der Waals surface area contributed by atoms with E-state index in [1.54, 1.807) is 25.3 Å². The molecule has 1 unspecified atom stereocenters. The third kappa shape index (κ3) is 2.83. The molecule has 1 aromatic carbocycles. The van der Waals surface area contributed by atoms with Crippen LogP contribution in [0, 0.1) is 12.7 Å². The predicted molar refractivity (Wildman–Crippen MR) is 66.8 cm³/mol. The fraction of sp³-hybridized carbons (Fsp3) is 0.231. The van der Waals surface area contributed by atoms with Crippen molar-refractivity contribution < 1.29 is 9.50 Å². The highest BCUT2D eigenvalue weighted by Crippen LogP contribution is 2.22. The minimum Gasteiger partial charge on any atom is -0.386 e. The van der Waals surface area contributed by atoms with Gasteiger partial charge in [-0.2, -0.15) is 0 Å². The molecule has 0 bridgehead atoms. The van der Waals surface area contributed by atoms with E-state index in [0.717, 1.165) is 5.69 Å². The van der Waals surface area contributed by atoms with Crippen molar-refractivity contribution in [1.82, 2.24) is 9.97 Å². The summed E-state index contributed by atoms with van der Waals surface area (Å²) in [5.41, 5.74) is 1.54. The molecule has 0 aliphatic carbocycles. The zero-order valence-corrected chi connectivity index (χ0v) is 10.5. The van der Waals surface area contributed by atoms with Crippen LogP contribution in [0.1, 0.15) is 23.1 Å². The third-order valence-electron chi connectivity index (χ3n) is 2.59. The Morgan fingerprint density at radius 3 is 2.78 bits per heavy atom. The molecule has 1 aromatic heterocycles. The Morgan fingerprint density at radius 1 is 1.33 bits per heavy atom. The molecule has 0 amide bonds. The van der Waals surface area contributed by atoms with Crippen molar-refractivity contribution in [3.05, 3.63) is 58.4 Å². The molecule has 0 spiro atoms. The van der Waals surface area contributed by atoms with Crippen LogP contribution in [0.15, 0.2) is 30.6 Å². The van der Waals surface area contributed by atoms with Gasteiger partial charge in [0.2, 0.25) is 0 Å². The van der Waals surface area contributed by atoms with Crippen LogP contribution in [0.3, 0.4) is 0 Å². The summed E-state index contributed by atoms with van der Waals surface area (Å²) in [5, 5.41) is 10.0. The fourth-order valence-corrected chi connectivity index (χ4v) is 1.79. The van der Waals surface area contributed by atoms with Gasteiger partial charge in [-0.1, -0.05) is 23.7 Å². The van der Waals surface area contributed by atoms with E-state index in [0.29, 0.717) is 11.3 Å². The Morgan fingerprint density at radius 2 is 2.11 bits per heavy atom. The first-order valence-electron chi connectivity index (χ1n) is 5.47. The van der Waals surface area contributed by atoms with Crippen LogP contribution in [0.5, 0.6) is 0 Å².